The second-order valence-electron chi connectivity index (χ2n) is 3.53. The van der Waals surface area contributed by atoms with Gasteiger partial charge in [0.15, 0.2) is 0 Å². The van der Waals surface area contributed by atoms with E-state index in [1.807, 2.05) is 60.7 Å². The average molecular weight is 421 g/mol. The van der Waals surface area contributed by atoms with Crippen LogP contribution in [0.5, 0.6) is 0 Å². The first-order valence-electron chi connectivity index (χ1n) is 5.18. The molecule has 2 aromatic carbocycles. The van der Waals surface area contributed by atoms with Gasteiger partial charge in [-0.15, -0.1) is 0 Å². The van der Waals surface area contributed by atoms with E-state index >= 15 is 0 Å². The quantitative estimate of drug-likeness (QED) is 0.421. The second-order valence-corrected chi connectivity index (χ2v) is 12.5. The number of hydrogen-bond acceptors (Lipinski definition) is 3. The molecule has 0 aromatic heterocycles. The third-order valence-electron chi connectivity index (χ3n) is 2.40. The van der Waals surface area contributed by atoms with Gasteiger partial charge in [-0.3, -0.25) is 0 Å². The molecule has 2 aromatic rings. The van der Waals surface area contributed by atoms with Crippen LogP contribution in [0.15, 0.2) is 60.7 Å². The summed E-state index contributed by atoms with van der Waals surface area (Å²) in [6.45, 7) is 0. The van der Waals surface area contributed by atoms with E-state index in [0.29, 0.717) is 0 Å². The Labute approximate surface area is 108 Å². The molecule has 0 aliphatic carbocycles. The number of nitrogens with zero attached hydrogens (tertiary/aromatic N) is 1. The zero-order valence-electron chi connectivity index (χ0n) is 9.02. The molecule has 0 saturated heterocycles. The Kier molecular flexibility index (Phi) is 4.08. The molecule has 0 heterocycles. The van der Waals surface area contributed by atoms with Crippen molar-refractivity contribution in [3.8, 4) is 0 Å². The van der Waals surface area contributed by atoms with Crippen LogP contribution in [0.1, 0.15) is 0 Å². The van der Waals surface area contributed by atoms with Gasteiger partial charge >= 0.3 is 108 Å². The molecular weight excluding hydrogens is 411 g/mol. The fraction of sp³-hybridized carbons (Fsp3) is 0. The van der Waals surface area contributed by atoms with Crippen molar-refractivity contribution in [3.05, 3.63) is 70.8 Å². The van der Waals surface area contributed by atoms with Crippen molar-refractivity contribution in [3.63, 3.8) is 0 Å². The van der Waals surface area contributed by atoms with Crippen molar-refractivity contribution in [1.82, 2.24) is 0 Å². The van der Waals surface area contributed by atoms with Gasteiger partial charge in [-0.05, 0) is 0 Å². The Morgan fingerprint density at radius 3 is 1.65 bits per heavy atom. The van der Waals surface area contributed by atoms with Crippen LogP contribution in [0.4, 0.5) is 0 Å². The van der Waals surface area contributed by atoms with Crippen molar-refractivity contribution in [2.45, 2.75) is 0 Å². The van der Waals surface area contributed by atoms with Gasteiger partial charge in [-0.1, -0.05) is 0 Å². The zero-order chi connectivity index (χ0) is 12.1. The first-order chi connectivity index (χ1) is 8.27. The number of benzene rings is 2. The first-order valence-corrected chi connectivity index (χ1v) is 11.5. The van der Waals surface area contributed by atoms with E-state index in [1.165, 1.54) is 0 Å². The third kappa shape index (κ3) is 3.26. The summed E-state index contributed by atoms with van der Waals surface area (Å²) in [5.41, 5.74) is 0. The van der Waals surface area contributed by atoms with Crippen LogP contribution in [-0.4, -0.2) is 28.2 Å². The van der Waals surface area contributed by atoms with Gasteiger partial charge in [0, 0.05) is 0 Å². The molecular formula is C12H10NO3Tl. The van der Waals surface area contributed by atoms with Crippen LogP contribution in [0.3, 0.4) is 0 Å². The van der Waals surface area contributed by atoms with Crippen molar-refractivity contribution >= 4 is 29.4 Å². The van der Waals surface area contributed by atoms with E-state index in [-0.39, 0.29) is 0 Å². The van der Waals surface area contributed by atoms with Crippen molar-refractivity contribution < 1.29 is 7.87 Å². The molecule has 5 heteroatoms. The Hall–Kier alpha value is -1.44. The Bertz CT molecular complexity index is 450. The fourth-order valence-corrected chi connectivity index (χ4v) is 9.21. The summed E-state index contributed by atoms with van der Waals surface area (Å²) < 4.78 is 6.93. The van der Waals surface area contributed by atoms with Gasteiger partial charge in [0.25, 0.3) is 0 Å². The molecule has 4 nitrogen and oxygen atoms in total. The number of rotatable bonds is 4. The normalized spacial score (nSPS) is 9.65. The van der Waals surface area contributed by atoms with E-state index in [4.69, 9.17) is 2.79 Å². The SMILES string of the molecule is O=[N+]([O-])[O][Tl]([c]1ccccc1)[c]1ccccc1. The van der Waals surface area contributed by atoms with E-state index < -0.39 is 28.2 Å². The van der Waals surface area contributed by atoms with E-state index in [9.17, 15) is 10.1 Å². The molecule has 0 radical (unpaired) electrons. The van der Waals surface area contributed by atoms with Gasteiger partial charge < -0.3 is 0 Å². The molecule has 2 rings (SSSR count). The van der Waals surface area contributed by atoms with Crippen molar-refractivity contribution in [2.24, 2.45) is 0 Å². The summed E-state index contributed by atoms with van der Waals surface area (Å²) in [5, 5.41) is 9.93. The summed E-state index contributed by atoms with van der Waals surface area (Å²) in [6, 6.07) is 18.9. The second kappa shape index (κ2) is 5.76. The molecule has 84 valence electrons. The predicted molar refractivity (Wildman–Crippen MR) is 66.0 cm³/mol. The minimum absolute atomic E-state index is 0.660. The van der Waals surface area contributed by atoms with Gasteiger partial charge in [-0.25, -0.2) is 0 Å². The summed E-state index contributed by atoms with van der Waals surface area (Å²) in [5.74, 6) is 0. The first kappa shape index (κ1) is 12.0. The van der Waals surface area contributed by atoms with Crippen LogP contribution in [0.25, 0.3) is 0 Å². The molecule has 0 atom stereocenters. The van der Waals surface area contributed by atoms with E-state index in [2.05, 4.69) is 0 Å². The molecule has 0 aliphatic heterocycles. The molecule has 0 fully saturated rings. The van der Waals surface area contributed by atoms with E-state index in [1.54, 1.807) is 0 Å². The summed E-state index contributed by atoms with van der Waals surface area (Å²) in [7, 11) is 0. The third-order valence-corrected chi connectivity index (χ3v) is 11.6. The van der Waals surface area contributed by atoms with Crippen LogP contribution in [0.2, 0.25) is 0 Å². The number of hydrogen-bond donors (Lipinski definition) is 0. The monoisotopic (exact) mass is 421 g/mol. The van der Waals surface area contributed by atoms with Crippen LogP contribution < -0.4 is 6.25 Å². The maximum atomic E-state index is 10.6. The molecule has 0 aliphatic rings. The van der Waals surface area contributed by atoms with Gasteiger partial charge in [-0.2, -0.15) is 0 Å². The summed E-state index contributed by atoms with van der Waals surface area (Å²) in [4.78, 5) is 10.6. The summed E-state index contributed by atoms with van der Waals surface area (Å²) in [6.07, 6.45) is 0. The van der Waals surface area contributed by atoms with Crippen LogP contribution >= 0.6 is 0 Å². The van der Waals surface area contributed by atoms with Gasteiger partial charge in [0.1, 0.15) is 0 Å². The standard InChI is InChI=1S/2C6H5.NO3.Tl/c2*1-2-4-6-5-3-1;2-1(3)4;/h2*1-5H;;/q;;-1;+1. The van der Waals surface area contributed by atoms with Gasteiger partial charge in [0.2, 0.25) is 0 Å². The summed E-state index contributed by atoms with van der Waals surface area (Å²) >= 11 is -3.13. The topological polar surface area (TPSA) is 52.4 Å². The molecule has 0 spiro atoms. The van der Waals surface area contributed by atoms with E-state index in [0.717, 1.165) is 6.25 Å². The maximum absolute atomic E-state index is 10.6. The zero-order valence-corrected chi connectivity index (χ0v) is 13.5. The Balaban J connectivity index is 2.36. The minimum atomic E-state index is -3.13. The Morgan fingerprint density at radius 2 is 1.29 bits per heavy atom. The molecule has 0 unspecified atom stereocenters. The molecule has 17 heavy (non-hydrogen) atoms. The molecule has 0 saturated carbocycles. The fourth-order valence-electron chi connectivity index (χ4n) is 1.66. The van der Waals surface area contributed by atoms with Gasteiger partial charge in [0.05, 0.1) is 0 Å². The van der Waals surface area contributed by atoms with Crippen LogP contribution in [-0.2, 0) is 2.79 Å². The molecule has 0 N–H and O–H groups in total. The van der Waals surface area contributed by atoms with Crippen molar-refractivity contribution in [1.29, 1.82) is 0 Å². The average Bonchev–Trinajstić information content (AvgIpc) is 2.38. The molecule has 0 bridgehead atoms. The van der Waals surface area contributed by atoms with Crippen LogP contribution in [0, 0.1) is 10.1 Å². The van der Waals surface area contributed by atoms with Crippen molar-refractivity contribution in [2.75, 3.05) is 0 Å². The molecule has 0 amide bonds. The predicted octanol–water partition coefficient (Wildman–Crippen LogP) is 1.00. The Morgan fingerprint density at radius 1 is 0.882 bits per heavy atom.